The van der Waals surface area contributed by atoms with E-state index in [0.717, 1.165) is 39.8 Å². The molecular formula is C27H26N2O5S. The standard InChI is InChI=1S/C27H26N2O5S/c1-18-4-5-19(2)23(14-18)33-13-12-29-26(30)25(35-27(29)31)16-21-6-7-22(24(15-21)32-3)34-17-20-8-10-28-11-9-20/h4-11,14-16H,12-13,17H2,1-3H3/b25-16-. The number of imide groups is 1. The van der Waals surface area contributed by atoms with E-state index in [2.05, 4.69) is 4.98 Å². The van der Waals surface area contributed by atoms with Gasteiger partial charge in [-0.25, -0.2) is 0 Å². The topological polar surface area (TPSA) is 78.0 Å². The van der Waals surface area contributed by atoms with Crippen molar-refractivity contribution < 1.29 is 23.8 Å². The predicted molar refractivity (Wildman–Crippen MR) is 136 cm³/mol. The molecule has 8 heteroatoms. The molecule has 2 amide bonds. The van der Waals surface area contributed by atoms with Crippen molar-refractivity contribution in [2.75, 3.05) is 20.3 Å². The second-order valence-electron chi connectivity index (χ2n) is 8.01. The number of pyridine rings is 1. The van der Waals surface area contributed by atoms with Crippen LogP contribution in [0.4, 0.5) is 4.79 Å². The molecule has 0 N–H and O–H groups in total. The molecule has 2 aromatic carbocycles. The third-order valence-electron chi connectivity index (χ3n) is 5.42. The van der Waals surface area contributed by atoms with E-state index in [4.69, 9.17) is 14.2 Å². The fourth-order valence-corrected chi connectivity index (χ4v) is 4.35. The maximum Gasteiger partial charge on any atom is 0.293 e. The number of carbonyl (C=O) groups excluding carboxylic acids is 2. The van der Waals surface area contributed by atoms with E-state index in [-0.39, 0.29) is 24.3 Å². The van der Waals surface area contributed by atoms with Crippen LogP contribution in [0, 0.1) is 13.8 Å². The van der Waals surface area contributed by atoms with Crippen LogP contribution in [0.1, 0.15) is 22.3 Å². The second kappa shape index (κ2) is 11.1. The molecule has 1 aliphatic heterocycles. The van der Waals surface area contributed by atoms with Gasteiger partial charge in [-0.3, -0.25) is 19.5 Å². The summed E-state index contributed by atoms with van der Waals surface area (Å²) in [6, 6.07) is 15.1. The molecule has 0 unspecified atom stereocenters. The van der Waals surface area contributed by atoms with Crippen LogP contribution in [0.2, 0.25) is 0 Å². The summed E-state index contributed by atoms with van der Waals surface area (Å²) in [5.41, 5.74) is 3.81. The van der Waals surface area contributed by atoms with Gasteiger partial charge in [0.25, 0.3) is 11.1 Å². The average molecular weight is 491 g/mol. The SMILES string of the molecule is COc1cc(/C=C2\SC(=O)N(CCOc3cc(C)ccc3C)C2=O)ccc1OCc1ccncc1. The van der Waals surface area contributed by atoms with Crippen molar-refractivity contribution in [3.05, 3.63) is 88.1 Å². The Morgan fingerprint density at radius 2 is 1.74 bits per heavy atom. The largest absolute Gasteiger partial charge is 0.493 e. The molecule has 0 spiro atoms. The molecule has 0 atom stereocenters. The van der Waals surface area contributed by atoms with Gasteiger partial charge >= 0.3 is 0 Å². The summed E-state index contributed by atoms with van der Waals surface area (Å²) in [6.45, 7) is 4.73. The maximum absolute atomic E-state index is 12.9. The zero-order chi connectivity index (χ0) is 24.8. The Morgan fingerprint density at radius 3 is 2.51 bits per heavy atom. The van der Waals surface area contributed by atoms with Crippen molar-refractivity contribution in [2.24, 2.45) is 0 Å². The highest BCUT2D eigenvalue weighted by Crippen LogP contribution is 2.34. The van der Waals surface area contributed by atoms with Crippen LogP contribution >= 0.6 is 11.8 Å². The van der Waals surface area contributed by atoms with Crippen molar-refractivity contribution >= 4 is 29.0 Å². The number of aryl methyl sites for hydroxylation is 2. The number of methoxy groups -OCH3 is 1. The molecule has 4 rings (SSSR count). The molecule has 1 aromatic heterocycles. The number of nitrogens with zero attached hydrogens (tertiary/aromatic N) is 2. The molecule has 35 heavy (non-hydrogen) atoms. The number of benzene rings is 2. The number of amides is 2. The Labute approximate surface area is 208 Å². The van der Waals surface area contributed by atoms with Gasteiger partial charge in [-0.2, -0.15) is 0 Å². The quantitative estimate of drug-likeness (QED) is 0.372. The Hall–Kier alpha value is -3.78. The van der Waals surface area contributed by atoms with Gasteiger partial charge in [-0.1, -0.05) is 18.2 Å². The van der Waals surface area contributed by atoms with Crippen molar-refractivity contribution in [1.29, 1.82) is 0 Å². The fraction of sp³-hybridized carbons (Fsp3) is 0.222. The van der Waals surface area contributed by atoms with Gasteiger partial charge in [0.1, 0.15) is 19.0 Å². The molecule has 1 aliphatic rings. The summed E-state index contributed by atoms with van der Waals surface area (Å²) in [7, 11) is 1.56. The number of thioether (sulfide) groups is 1. The van der Waals surface area contributed by atoms with Crippen LogP contribution in [0.15, 0.2) is 65.8 Å². The molecular weight excluding hydrogens is 464 g/mol. The Morgan fingerprint density at radius 1 is 0.943 bits per heavy atom. The summed E-state index contributed by atoms with van der Waals surface area (Å²) >= 11 is 0.919. The average Bonchev–Trinajstić information content (AvgIpc) is 3.13. The Bertz CT molecular complexity index is 1260. The van der Waals surface area contributed by atoms with Crippen LogP contribution in [0.25, 0.3) is 6.08 Å². The zero-order valence-corrected chi connectivity index (χ0v) is 20.6. The first-order valence-electron chi connectivity index (χ1n) is 11.1. The minimum absolute atomic E-state index is 0.181. The van der Waals surface area contributed by atoms with Crippen molar-refractivity contribution in [1.82, 2.24) is 9.88 Å². The zero-order valence-electron chi connectivity index (χ0n) is 19.8. The van der Waals surface area contributed by atoms with E-state index in [9.17, 15) is 9.59 Å². The third-order valence-corrected chi connectivity index (χ3v) is 6.33. The first-order chi connectivity index (χ1) is 16.9. The lowest BCUT2D eigenvalue weighted by molar-refractivity contribution is -0.123. The van der Waals surface area contributed by atoms with Gasteiger partial charge in [-0.15, -0.1) is 0 Å². The highest BCUT2D eigenvalue weighted by atomic mass is 32.2. The summed E-state index contributed by atoms with van der Waals surface area (Å²) in [5, 5.41) is -0.310. The molecule has 1 saturated heterocycles. The molecule has 7 nitrogen and oxygen atoms in total. The fourth-order valence-electron chi connectivity index (χ4n) is 3.49. The van der Waals surface area contributed by atoms with Crippen LogP contribution in [0.5, 0.6) is 17.2 Å². The van der Waals surface area contributed by atoms with Crippen LogP contribution < -0.4 is 14.2 Å². The van der Waals surface area contributed by atoms with Crippen LogP contribution in [0.3, 0.4) is 0 Å². The molecule has 180 valence electrons. The lowest BCUT2D eigenvalue weighted by atomic mass is 10.1. The normalized spacial score (nSPS) is 14.5. The highest BCUT2D eigenvalue weighted by Gasteiger charge is 2.34. The van der Waals surface area contributed by atoms with Crippen LogP contribution in [-0.2, 0) is 11.4 Å². The number of ether oxygens (including phenoxy) is 3. The Balaban J connectivity index is 1.40. The maximum atomic E-state index is 12.9. The van der Waals surface area contributed by atoms with Crippen molar-refractivity contribution in [3.63, 3.8) is 0 Å². The number of hydrogen-bond acceptors (Lipinski definition) is 7. The lowest BCUT2D eigenvalue weighted by Gasteiger charge is -2.14. The number of aromatic nitrogens is 1. The summed E-state index contributed by atoms with van der Waals surface area (Å²) in [5.74, 6) is 1.54. The van der Waals surface area contributed by atoms with E-state index in [1.54, 1.807) is 37.7 Å². The number of rotatable bonds is 9. The van der Waals surface area contributed by atoms with E-state index in [0.29, 0.717) is 23.0 Å². The van der Waals surface area contributed by atoms with E-state index in [1.807, 2.05) is 50.2 Å². The van der Waals surface area contributed by atoms with E-state index in [1.165, 1.54) is 4.90 Å². The minimum atomic E-state index is -0.332. The first-order valence-corrected chi connectivity index (χ1v) is 11.9. The third kappa shape index (κ3) is 6.02. The van der Waals surface area contributed by atoms with Crippen molar-refractivity contribution in [2.45, 2.75) is 20.5 Å². The molecule has 2 heterocycles. The molecule has 1 fully saturated rings. The molecule has 0 saturated carbocycles. The molecule has 0 aliphatic carbocycles. The summed E-state index contributed by atoms with van der Waals surface area (Å²) in [4.78, 5) is 30.9. The number of carbonyl (C=O) groups is 2. The van der Waals surface area contributed by atoms with Gasteiger partial charge in [0.05, 0.1) is 18.6 Å². The first kappa shape index (κ1) is 24.3. The second-order valence-corrected chi connectivity index (χ2v) is 9.00. The number of hydrogen-bond donors (Lipinski definition) is 0. The van der Waals surface area contributed by atoms with Gasteiger partial charge in [0, 0.05) is 12.4 Å². The van der Waals surface area contributed by atoms with E-state index >= 15 is 0 Å². The highest BCUT2D eigenvalue weighted by molar-refractivity contribution is 8.18. The minimum Gasteiger partial charge on any atom is -0.493 e. The van der Waals surface area contributed by atoms with Gasteiger partial charge in [0.15, 0.2) is 11.5 Å². The molecule has 0 radical (unpaired) electrons. The predicted octanol–water partition coefficient (Wildman–Crippen LogP) is 5.40. The molecule has 0 bridgehead atoms. The smallest absolute Gasteiger partial charge is 0.293 e. The van der Waals surface area contributed by atoms with Crippen molar-refractivity contribution in [3.8, 4) is 17.2 Å². The van der Waals surface area contributed by atoms with Gasteiger partial charge in [0.2, 0.25) is 0 Å². The van der Waals surface area contributed by atoms with Gasteiger partial charge < -0.3 is 14.2 Å². The van der Waals surface area contributed by atoms with Gasteiger partial charge in [-0.05, 0) is 84.3 Å². The monoisotopic (exact) mass is 490 g/mol. The Kier molecular flexibility index (Phi) is 7.72. The summed E-state index contributed by atoms with van der Waals surface area (Å²) < 4.78 is 17.2. The van der Waals surface area contributed by atoms with E-state index < -0.39 is 0 Å². The molecule has 3 aromatic rings. The van der Waals surface area contributed by atoms with Crippen LogP contribution in [-0.4, -0.2) is 41.3 Å². The summed E-state index contributed by atoms with van der Waals surface area (Å²) in [6.07, 6.45) is 5.11. The lowest BCUT2D eigenvalue weighted by Crippen LogP contribution is -2.32.